The highest BCUT2D eigenvalue weighted by atomic mass is 32.2. The van der Waals surface area contributed by atoms with E-state index in [2.05, 4.69) is 21.7 Å². The van der Waals surface area contributed by atoms with Crippen molar-refractivity contribution in [1.82, 2.24) is 15.0 Å². The Morgan fingerprint density at radius 1 is 1.33 bits per heavy atom. The minimum Gasteiger partial charge on any atom is -0.391 e. The van der Waals surface area contributed by atoms with Crippen LogP contribution in [-0.2, 0) is 14.9 Å². The Hall–Kier alpha value is -3.11. The van der Waals surface area contributed by atoms with Gasteiger partial charge in [-0.25, -0.2) is 18.4 Å². The minimum atomic E-state index is -3.43. The molecule has 30 heavy (non-hydrogen) atoms. The highest BCUT2D eigenvalue weighted by Gasteiger charge is 2.29. The average molecular weight is 442 g/mol. The van der Waals surface area contributed by atoms with E-state index in [0.29, 0.717) is 29.2 Å². The molecule has 1 aliphatic heterocycles. The number of oxime groups is 1. The Kier molecular flexibility index (Phi) is 5.60. The molecule has 0 radical (unpaired) electrons. The summed E-state index contributed by atoms with van der Waals surface area (Å²) in [6.45, 7) is 4.15. The number of pyridine rings is 2. The summed E-state index contributed by atoms with van der Waals surface area (Å²) in [5.74, 6) is 0. The first-order chi connectivity index (χ1) is 14.5. The molecule has 0 aromatic carbocycles. The first-order valence-corrected chi connectivity index (χ1v) is 11.8. The van der Waals surface area contributed by atoms with Crippen molar-refractivity contribution < 1.29 is 13.3 Å². The van der Waals surface area contributed by atoms with E-state index in [0.717, 1.165) is 15.4 Å². The fourth-order valence-corrected chi connectivity index (χ4v) is 4.87. The molecule has 3 aromatic heterocycles. The number of nitrogens with zero attached hydrogens (tertiary/aromatic N) is 5. The summed E-state index contributed by atoms with van der Waals surface area (Å²) in [6.07, 6.45) is 8.41. The number of fused-ring (bicyclic) bond motifs is 1. The first kappa shape index (κ1) is 20.2. The van der Waals surface area contributed by atoms with E-state index in [9.17, 15) is 8.42 Å². The Labute approximate surface area is 178 Å². The van der Waals surface area contributed by atoms with Gasteiger partial charge in [-0.2, -0.15) is 0 Å². The van der Waals surface area contributed by atoms with E-state index in [4.69, 9.17) is 9.82 Å². The zero-order valence-electron chi connectivity index (χ0n) is 16.2. The van der Waals surface area contributed by atoms with Gasteiger partial charge >= 0.3 is 0 Å². The van der Waals surface area contributed by atoms with Crippen molar-refractivity contribution in [1.29, 1.82) is 0 Å². The number of hydrogen-bond acceptors (Lipinski definition) is 8. The van der Waals surface area contributed by atoms with Crippen LogP contribution in [0.3, 0.4) is 0 Å². The van der Waals surface area contributed by atoms with E-state index < -0.39 is 10.0 Å². The monoisotopic (exact) mass is 441 g/mol. The SMILES string of the molecule is C=CCON=C1CCN(S(C)(=O)=O)c2ccc(-c3cnc(-c4cccnc4)s3)nc21. The van der Waals surface area contributed by atoms with Gasteiger partial charge in [0, 0.05) is 37.1 Å². The van der Waals surface area contributed by atoms with Crippen LogP contribution >= 0.6 is 11.3 Å². The van der Waals surface area contributed by atoms with E-state index in [1.54, 1.807) is 36.8 Å². The molecule has 0 spiro atoms. The molecule has 10 heteroatoms. The van der Waals surface area contributed by atoms with E-state index in [-0.39, 0.29) is 13.2 Å². The lowest BCUT2D eigenvalue weighted by molar-refractivity contribution is 0.174. The van der Waals surface area contributed by atoms with Gasteiger partial charge < -0.3 is 4.84 Å². The van der Waals surface area contributed by atoms with E-state index in [1.165, 1.54) is 21.9 Å². The zero-order valence-corrected chi connectivity index (χ0v) is 17.9. The van der Waals surface area contributed by atoms with Crippen molar-refractivity contribution in [2.24, 2.45) is 5.16 Å². The smallest absolute Gasteiger partial charge is 0.232 e. The summed E-state index contributed by atoms with van der Waals surface area (Å²) < 4.78 is 25.8. The van der Waals surface area contributed by atoms with Crippen LogP contribution in [0.4, 0.5) is 5.69 Å². The van der Waals surface area contributed by atoms with Crippen LogP contribution in [0.2, 0.25) is 0 Å². The van der Waals surface area contributed by atoms with Gasteiger partial charge in [-0.15, -0.1) is 11.3 Å². The maximum Gasteiger partial charge on any atom is 0.232 e. The number of rotatable bonds is 6. The Balaban J connectivity index is 1.75. The Morgan fingerprint density at radius 3 is 2.93 bits per heavy atom. The Morgan fingerprint density at radius 2 is 2.20 bits per heavy atom. The molecule has 0 atom stereocenters. The van der Waals surface area contributed by atoms with Crippen LogP contribution < -0.4 is 4.31 Å². The third kappa shape index (κ3) is 4.10. The third-order valence-electron chi connectivity index (χ3n) is 4.40. The van der Waals surface area contributed by atoms with Crippen LogP contribution in [0.25, 0.3) is 21.1 Å². The van der Waals surface area contributed by atoms with E-state index >= 15 is 0 Å². The number of anilines is 1. The van der Waals surface area contributed by atoms with Gasteiger partial charge in [0.1, 0.15) is 23.0 Å². The van der Waals surface area contributed by atoms with Crippen LogP contribution in [-0.4, -0.2) is 48.5 Å². The molecule has 3 aromatic rings. The summed E-state index contributed by atoms with van der Waals surface area (Å²) in [5, 5.41) is 4.99. The average Bonchev–Trinajstić information content (AvgIpc) is 3.24. The molecule has 0 amide bonds. The molecule has 0 N–H and O–H groups in total. The van der Waals surface area contributed by atoms with Crippen molar-refractivity contribution in [3.63, 3.8) is 0 Å². The second-order valence-corrected chi connectivity index (χ2v) is 9.48. The number of aromatic nitrogens is 3. The van der Waals surface area contributed by atoms with Crippen LogP contribution in [0.5, 0.6) is 0 Å². The van der Waals surface area contributed by atoms with Crippen molar-refractivity contribution in [2.45, 2.75) is 6.42 Å². The predicted molar refractivity (Wildman–Crippen MR) is 118 cm³/mol. The predicted octanol–water partition coefficient (Wildman–Crippen LogP) is 3.34. The second kappa shape index (κ2) is 8.33. The van der Waals surface area contributed by atoms with Crippen LogP contribution in [0.15, 0.2) is 60.7 Å². The van der Waals surface area contributed by atoms with Crippen molar-refractivity contribution in [3.8, 4) is 21.1 Å². The number of thiazole rings is 1. The van der Waals surface area contributed by atoms with Crippen LogP contribution in [0, 0.1) is 0 Å². The first-order valence-electron chi connectivity index (χ1n) is 9.13. The standard InChI is InChI=1S/C20H19N5O3S2/c1-3-11-28-24-16-8-10-25(30(2,26)27)17-7-6-15(23-19(16)17)18-13-22-20(29-18)14-5-4-9-21-12-14/h3-7,9,12-13H,1,8,10-11H2,2H3. The second-order valence-electron chi connectivity index (χ2n) is 6.54. The maximum atomic E-state index is 12.2. The van der Waals surface area contributed by atoms with E-state index in [1.807, 2.05) is 12.1 Å². The molecule has 0 bridgehead atoms. The number of sulfonamides is 1. The molecule has 0 saturated heterocycles. The van der Waals surface area contributed by atoms with Crippen molar-refractivity contribution >= 4 is 32.8 Å². The molecular formula is C20H19N5O3S2. The van der Waals surface area contributed by atoms with Gasteiger partial charge in [-0.05, 0) is 24.3 Å². The molecule has 8 nitrogen and oxygen atoms in total. The van der Waals surface area contributed by atoms with Gasteiger partial charge in [0.25, 0.3) is 0 Å². The molecular weight excluding hydrogens is 422 g/mol. The van der Waals surface area contributed by atoms with Gasteiger partial charge in [-0.3, -0.25) is 9.29 Å². The summed E-state index contributed by atoms with van der Waals surface area (Å²) in [7, 11) is -3.43. The summed E-state index contributed by atoms with van der Waals surface area (Å²) >= 11 is 1.49. The summed E-state index contributed by atoms with van der Waals surface area (Å²) in [5.41, 5.74) is 3.20. The minimum absolute atomic E-state index is 0.262. The maximum absolute atomic E-state index is 12.2. The van der Waals surface area contributed by atoms with Gasteiger partial charge in [0.15, 0.2) is 0 Å². The molecule has 154 valence electrons. The van der Waals surface area contributed by atoms with Gasteiger partial charge in [0.05, 0.1) is 22.5 Å². The molecule has 0 aliphatic carbocycles. The normalized spacial score (nSPS) is 15.1. The summed E-state index contributed by atoms with van der Waals surface area (Å²) in [6, 6.07) is 7.36. The third-order valence-corrected chi connectivity index (χ3v) is 6.65. The topological polar surface area (TPSA) is 97.6 Å². The lowest BCUT2D eigenvalue weighted by Crippen LogP contribution is -2.37. The van der Waals surface area contributed by atoms with Crippen LogP contribution in [0.1, 0.15) is 12.1 Å². The largest absolute Gasteiger partial charge is 0.391 e. The molecule has 4 heterocycles. The lowest BCUT2D eigenvalue weighted by Gasteiger charge is -2.29. The fourth-order valence-electron chi connectivity index (χ4n) is 3.07. The van der Waals surface area contributed by atoms with Crippen molar-refractivity contribution in [3.05, 3.63) is 61.2 Å². The molecule has 0 fully saturated rings. The van der Waals surface area contributed by atoms with Gasteiger partial charge in [-0.1, -0.05) is 17.8 Å². The molecule has 0 unspecified atom stereocenters. The number of hydrogen-bond donors (Lipinski definition) is 0. The van der Waals surface area contributed by atoms with Gasteiger partial charge in [0.2, 0.25) is 10.0 Å². The highest BCUT2D eigenvalue weighted by molar-refractivity contribution is 7.92. The fraction of sp³-hybridized carbons (Fsp3) is 0.200. The molecule has 1 aliphatic rings. The quantitative estimate of drug-likeness (QED) is 0.331. The molecule has 0 saturated carbocycles. The highest BCUT2D eigenvalue weighted by Crippen LogP contribution is 2.34. The Bertz CT molecular complexity index is 1210. The zero-order chi connectivity index (χ0) is 21.1. The lowest BCUT2D eigenvalue weighted by atomic mass is 10.1. The summed E-state index contributed by atoms with van der Waals surface area (Å²) in [4.78, 5) is 19.4. The van der Waals surface area contributed by atoms with Crippen molar-refractivity contribution in [2.75, 3.05) is 23.7 Å². The molecule has 4 rings (SSSR count).